The van der Waals surface area contributed by atoms with Crippen LogP contribution in [0.25, 0.3) is 0 Å². The Hall–Kier alpha value is -1.26. The number of aromatic nitrogens is 4. The molecular weight excluding hydrogens is 120 g/mol. The van der Waals surface area contributed by atoms with Crippen molar-refractivity contribution in [1.29, 1.82) is 0 Å². The van der Waals surface area contributed by atoms with Gasteiger partial charge in [-0.3, -0.25) is 4.79 Å². The van der Waals surface area contributed by atoms with Gasteiger partial charge in [-0.1, -0.05) is 0 Å². The number of nitrogens with zero attached hydrogens (tertiary/aromatic N) is 4. The van der Waals surface area contributed by atoms with E-state index in [4.69, 9.17) is 0 Å². The first-order valence-corrected chi connectivity index (χ1v) is 2.47. The summed E-state index contributed by atoms with van der Waals surface area (Å²) in [6.45, 7) is 3.07. The van der Waals surface area contributed by atoms with Gasteiger partial charge in [0.15, 0.2) is 5.82 Å². The summed E-state index contributed by atoms with van der Waals surface area (Å²) in [5.41, 5.74) is 0. The molecule has 0 atom stereocenters. The summed E-state index contributed by atoms with van der Waals surface area (Å²) >= 11 is 0. The van der Waals surface area contributed by atoms with E-state index >= 15 is 0 Å². The smallest absolute Gasteiger partial charge is 0.246 e. The Morgan fingerprint density at radius 2 is 2.33 bits per heavy atom. The minimum Gasteiger partial charge on any atom is -0.273 e. The monoisotopic (exact) mass is 126 g/mol. The van der Waals surface area contributed by atoms with E-state index in [1.54, 1.807) is 6.92 Å². The largest absolute Gasteiger partial charge is 0.273 e. The summed E-state index contributed by atoms with van der Waals surface area (Å²) in [5.74, 6) is 0.347. The van der Waals surface area contributed by atoms with E-state index in [0.29, 0.717) is 5.82 Å². The number of aryl methyl sites for hydroxylation is 1. The van der Waals surface area contributed by atoms with Gasteiger partial charge < -0.3 is 0 Å². The van der Waals surface area contributed by atoms with Crippen LogP contribution in [0.5, 0.6) is 0 Å². The zero-order valence-electron chi connectivity index (χ0n) is 5.20. The van der Waals surface area contributed by atoms with Gasteiger partial charge >= 0.3 is 0 Å². The Morgan fingerprint density at radius 3 is 2.56 bits per heavy atom. The number of tetrazole rings is 1. The Bertz CT molecular complexity index is 228. The van der Waals surface area contributed by atoms with Gasteiger partial charge in [0.25, 0.3) is 0 Å². The van der Waals surface area contributed by atoms with E-state index in [1.165, 1.54) is 6.92 Å². The number of rotatable bonds is 0. The molecule has 0 saturated heterocycles. The molecule has 0 spiro atoms. The second-order valence-corrected chi connectivity index (χ2v) is 1.66. The molecule has 1 aromatic rings. The first-order valence-electron chi connectivity index (χ1n) is 2.47. The van der Waals surface area contributed by atoms with Crippen molar-refractivity contribution in [2.75, 3.05) is 0 Å². The molecule has 0 aliphatic rings. The molecule has 48 valence electrons. The highest BCUT2D eigenvalue weighted by atomic mass is 16.2. The summed E-state index contributed by atoms with van der Waals surface area (Å²) in [6.07, 6.45) is 0. The van der Waals surface area contributed by atoms with E-state index in [9.17, 15) is 4.79 Å². The summed E-state index contributed by atoms with van der Waals surface area (Å²) in [6, 6.07) is 0. The number of carbonyl (C=O) groups is 1. The Morgan fingerprint density at radius 1 is 1.67 bits per heavy atom. The lowest BCUT2D eigenvalue weighted by molar-refractivity contribution is 0.0916. The maximum atomic E-state index is 10.5. The molecule has 1 rings (SSSR count). The van der Waals surface area contributed by atoms with Crippen molar-refractivity contribution < 1.29 is 4.79 Å². The zero-order chi connectivity index (χ0) is 6.85. The Balaban J connectivity index is 3.08. The van der Waals surface area contributed by atoms with Crippen molar-refractivity contribution in [2.45, 2.75) is 13.8 Å². The molecular formula is C4H6N4O. The third-order valence-corrected chi connectivity index (χ3v) is 0.924. The highest BCUT2D eigenvalue weighted by molar-refractivity contribution is 5.75. The number of hydrogen-bond acceptors (Lipinski definition) is 4. The van der Waals surface area contributed by atoms with Crippen LogP contribution in [0.3, 0.4) is 0 Å². The lowest BCUT2D eigenvalue weighted by atomic mass is 10.6. The zero-order valence-corrected chi connectivity index (χ0v) is 5.20. The lowest BCUT2D eigenvalue weighted by Crippen LogP contribution is -2.09. The molecule has 0 unspecified atom stereocenters. The van der Waals surface area contributed by atoms with E-state index in [2.05, 4.69) is 15.5 Å². The maximum absolute atomic E-state index is 10.5. The third kappa shape index (κ3) is 0.933. The van der Waals surface area contributed by atoms with Crippen LogP contribution in [0, 0.1) is 6.92 Å². The summed E-state index contributed by atoms with van der Waals surface area (Å²) < 4.78 is 1.14. The molecule has 1 aromatic heterocycles. The van der Waals surface area contributed by atoms with E-state index in [0.717, 1.165) is 4.68 Å². The molecule has 5 heteroatoms. The molecule has 0 amide bonds. The van der Waals surface area contributed by atoms with Crippen molar-refractivity contribution in [1.82, 2.24) is 20.2 Å². The van der Waals surface area contributed by atoms with Gasteiger partial charge in [0.2, 0.25) is 5.91 Å². The van der Waals surface area contributed by atoms with Crippen molar-refractivity contribution in [3.05, 3.63) is 5.82 Å². The van der Waals surface area contributed by atoms with Gasteiger partial charge in [-0.25, -0.2) is 0 Å². The van der Waals surface area contributed by atoms with Crippen LogP contribution in [0.15, 0.2) is 0 Å². The van der Waals surface area contributed by atoms with Crippen LogP contribution in [-0.2, 0) is 0 Å². The van der Waals surface area contributed by atoms with Gasteiger partial charge in [0, 0.05) is 6.92 Å². The quantitative estimate of drug-likeness (QED) is 0.445. The van der Waals surface area contributed by atoms with Crippen LogP contribution >= 0.6 is 0 Å². The minimum atomic E-state index is -0.169. The topological polar surface area (TPSA) is 60.7 Å². The van der Waals surface area contributed by atoms with Crippen LogP contribution in [0.1, 0.15) is 17.5 Å². The third-order valence-electron chi connectivity index (χ3n) is 0.924. The highest BCUT2D eigenvalue weighted by Crippen LogP contribution is 1.85. The second-order valence-electron chi connectivity index (χ2n) is 1.66. The average Bonchev–Trinajstić information content (AvgIpc) is 2.13. The predicted octanol–water partition coefficient (Wildman–Crippen LogP) is -0.358. The molecule has 0 aliphatic carbocycles. The van der Waals surface area contributed by atoms with E-state index < -0.39 is 0 Å². The van der Waals surface area contributed by atoms with Gasteiger partial charge in [-0.2, -0.15) is 4.68 Å². The SMILES string of the molecule is CC(=O)n1nnnc1C. The van der Waals surface area contributed by atoms with E-state index in [1.807, 2.05) is 0 Å². The fourth-order valence-electron chi connectivity index (χ4n) is 0.523. The van der Waals surface area contributed by atoms with Gasteiger partial charge in [-0.05, 0) is 17.4 Å². The molecule has 0 radical (unpaired) electrons. The minimum absolute atomic E-state index is 0.169. The molecule has 9 heavy (non-hydrogen) atoms. The predicted molar refractivity (Wildman–Crippen MR) is 28.9 cm³/mol. The molecule has 0 N–H and O–H groups in total. The fraction of sp³-hybridized carbons (Fsp3) is 0.500. The normalized spacial score (nSPS) is 9.56. The molecule has 0 aliphatic heterocycles. The van der Waals surface area contributed by atoms with E-state index in [-0.39, 0.29) is 5.91 Å². The first kappa shape index (κ1) is 5.87. The molecule has 1 heterocycles. The Labute approximate surface area is 51.7 Å². The standard InChI is InChI=1S/C4H6N4O/c1-3-5-6-7-8(3)4(2)9/h1-2H3. The van der Waals surface area contributed by atoms with Crippen LogP contribution in [-0.4, -0.2) is 26.1 Å². The van der Waals surface area contributed by atoms with Crippen molar-refractivity contribution >= 4 is 5.91 Å². The molecule has 0 saturated carbocycles. The summed E-state index contributed by atoms with van der Waals surface area (Å²) in [7, 11) is 0. The summed E-state index contributed by atoms with van der Waals surface area (Å²) in [4.78, 5) is 10.5. The molecule has 0 aromatic carbocycles. The summed E-state index contributed by atoms with van der Waals surface area (Å²) in [5, 5.41) is 10.2. The van der Waals surface area contributed by atoms with Gasteiger partial charge in [-0.15, -0.1) is 5.10 Å². The molecule has 5 nitrogen and oxygen atoms in total. The van der Waals surface area contributed by atoms with Crippen molar-refractivity contribution in [3.63, 3.8) is 0 Å². The van der Waals surface area contributed by atoms with Crippen LogP contribution in [0.2, 0.25) is 0 Å². The van der Waals surface area contributed by atoms with Gasteiger partial charge in [0.05, 0.1) is 0 Å². The second kappa shape index (κ2) is 1.93. The number of hydrogen-bond donors (Lipinski definition) is 0. The van der Waals surface area contributed by atoms with Crippen LogP contribution < -0.4 is 0 Å². The molecule has 0 fully saturated rings. The molecule has 0 bridgehead atoms. The van der Waals surface area contributed by atoms with Gasteiger partial charge in [0.1, 0.15) is 0 Å². The fourth-order valence-corrected chi connectivity index (χ4v) is 0.523. The first-order chi connectivity index (χ1) is 4.22. The average molecular weight is 126 g/mol. The highest BCUT2D eigenvalue weighted by Gasteiger charge is 2.01. The van der Waals surface area contributed by atoms with Crippen molar-refractivity contribution in [2.24, 2.45) is 0 Å². The van der Waals surface area contributed by atoms with Crippen LogP contribution in [0.4, 0.5) is 0 Å². The maximum Gasteiger partial charge on any atom is 0.246 e. The lowest BCUT2D eigenvalue weighted by Gasteiger charge is -1.89. The number of carbonyl (C=O) groups excluding carboxylic acids is 1. The Kier molecular flexibility index (Phi) is 1.26. The van der Waals surface area contributed by atoms with Crippen molar-refractivity contribution in [3.8, 4) is 0 Å².